The Morgan fingerprint density at radius 2 is 1.83 bits per heavy atom. The van der Waals surface area contributed by atoms with Crippen molar-refractivity contribution >= 4 is 33.4 Å². The number of amides is 1. The van der Waals surface area contributed by atoms with E-state index in [0.29, 0.717) is 5.56 Å². The molecule has 1 N–H and O–H groups in total. The first-order valence-electron chi connectivity index (χ1n) is 9.04. The topological polar surface area (TPSA) is 70.5 Å². The number of nitrogens with zero attached hydrogens (tertiary/aromatic N) is 2. The number of likely N-dealkylation sites (tertiary alicyclic amines) is 1. The number of halogens is 1. The molecule has 1 amide bonds. The lowest BCUT2D eigenvalue weighted by Crippen LogP contribution is -2.29. The highest BCUT2D eigenvalue weighted by atomic mass is 79.9. The quantitative estimate of drug-likeness (QED) is 0.363. The Hall–Kier alpha value is -3.25. The van der Waals surface area contributed by atoms with Crippen molar-refractivity contribution < 1.29 is 14.7 Å². The second-order valence-electron chi connectivity index (χ2n) is 6.71. The third-order valence-corrected chi connectivity index (χ3v) is 5.32. The van der Waals surface area contributed by atoms with E-state index >= 15 is 0 Å². The van der Waals surface area contributed by atoms with Crippen LogP contribution in [-0.2, 0) is 16.1 Å². The second-order valence-corrected chi connectivity index (χ2v) is 7.62. The molecule has 2 heterocycles. The summed E-state index contributed by atoms with van der Waals surface area (Å²) in [7, 11) is 0. The summed E-state index contributed by atoms with van der Waals surface area (Å²) >= 11 is 3.45. The number of carbonyl (C=O) groups excluding carboxylic acids is 2. The van der Waals surface area contributed by atoms with Gasteiger partial charge in [0.2, 0.25) is 0 Å². The van der Waals surface area contributed by atoms with Gasteiger partial charge in [0.1, 0.15) is 5.76 Å². The number of Topliss-reactive ketones (excluding diaryl/α,β-unsaturated/α-hetero) is 1. The summed E-state index contributed by atoms with van der Waals surface area (Å²) in [6, 6.07) is 19.1. The van der Waals surface area contributed by atoms with Gasteiger partial charge in [0.15, 0.2) is 0 Å². The van der Waals surface area contributed by atoms with Gasteiger partial charge in [-0.1, -0.05) is 64.5 Å². The summed E-state index contributed by atoms with van der Waals surface area (Å²) in [6.07, 6.45) is 3.31. The van der Waals surface area contributed by atoms with Crippen molar-refractivity contribution in [3.63, 3.8) is 0 Å². The van der Waals surface area contributed by atoms with Crippen molar-refractivity contribution in [2.24, 2.45) is 0 Å². The Morgan fingerprint density at radius 1 is 1.03 bits per heavy atom. The number of ketones is 1. The molecule has 2 aromatic carbocycles. The van der Waals surface area contributed by atoms with Crippen molar-refractivity contribution in [1.82, 2.24) is 9.88 Å². The Balaban J connectivity index is 1.87. The number of hydrogen-bond acceptors (Lipinski definition) is 4. The largest absolute Gasteiger partial charge is 0.507 e. The molecule has 4 rings (SSSR count). The maximum Gasteiger partial charge on any atom is 0.295 e. The van der Waals surface area contributed by atoms with Crippen LogP contribution in [0.1, 0.15) is 22.7 Å². The van der Waals surface area contributed by atoms with Gasteiger partial charge in [0.05, 0.1) is 11.6 Å². The minimum absolute atomic E-state index is 0.0863. The van der Waals surface area contributed by atoms with Crippen LogP contribution in [0.15, 0.2) is 89.2 Å². The van der Waals surface area contributed by atoms with E-state index in [1.165, 1.54) is 4.90 Å². The predicted molar refractivity (Wildman–Crippen MR) is 113 cm³/mol. The normalized spacial score (nSPS) is 18.2. The lowest BCUT2D eigenvalue weighted by atomic mass is 9.95. The van der Waals surface area contributed by atoms with Crippen LogP contribution in [0.4, 0.5) is 0 Å². The van der Waals surface area contributed by atoms with E-state index in [1.807, 2.05) is 36.4 Å². The van der Waals surface area contributed by atoms with E-state index in [2.05, 4.69) is 20.9 Å². The molecule has 6 heteroatoms. The summed E-state index contributed by atoms with van der Waals surface area (Å²) in [5, 5.41) is 10.9. The van der Waals surface area contributed by atoms with Crippen LogP contribution in [0.2, 0.25) is 0 Å². The van der Waals surface area contributed by atoms with E-state index in [4.69, 9.17) is 0 Å². The number of aliphatic hydroxyl groups excluding tert-OH is 1. The van der Waals surface area contributed by atoms with Crippen molar-refractivity contribution in [2.75, 3.05) is 0 Å². The molecule has 0 spiro atoms. The van der Waals surface area contributed by atoms with E-state index in [-0.39, 0.29) is 17.9 Å². The molecule has 1 aliphatic rings. The van der Waals surface area contributed by atoms with E-state index < -0.39 is 17.7 Å². The van der Waals surface area contributed by atoms with Gasteiger partial charge in [-0.3, -0.25) is 14.6 Å². The van der Waals surface area contributed by atoms with Crippen LogP contribution >= 0.6 is 15.9 Å². The highest BCUT2D eigenvalue weighted by molar-refractivity contribution is 9.10. The zero-order chi connectivity index (χ0) is 20.4. The molecule has 0 bridgehead atoms. The molecule has 1 aliphatic heterocycles. The Labute approximate surface area is 176 Å². The van der Waals surface area contributed by atoms with Crippen molar-refractivity contribution in [2.45, 2.75) is 12.6 Å². The van der Waals surface area contributed by atoms with Gasteiger partial charge in [-0.2, -0.15) is 0 Å². The number of aliphatic hydroxyl groups is 1. The van der Waals surface area contributed by atoms with Crippen LogP contribution < -0.4 is 0 Å². The van der Waals surface area contributed by atoms with Crippen molar-refractivity contribution in [3.05, 3.63) is 106 Å². The molecule has 5 nitrogen and oxygen atoms in total. The van der Waals surface area contributed by atoms with Gasteiger partial charge >= 0.3 is 0 Å². The first kappa shape index (κ1) is 19.1. The monoisotopic (exact) mass is 448 g/mol. The number of benzene rings is 2. The van der Waals surface area contributed by atoms with Crippen LogP contribution in [-0.4, -0.2) is 26.7 Å². The molecule has 0 unspecified atom stereocenters. The Bertz CT molecular complexity index is 1100. The van der Waals surface area contributed by atoms with E-state index in [9.17, 15) is 14.7 Å². The maximum absolute atomic E-state index is 13.0. The maximum atomic E-state index is 13.0. The molecule has 3 aromatic rings. The average molecular weight is 449 g/mol. The highest BCUT2D eigenvalue weighted by Gasteiger charge is 2.46. The molecular weight excluding hydrogens is 432 g/mol. The first-order valence-corrected chi connectivity index (χ1v) is 9.84. The number of aromatic nitrogens is 1. The van der Waals surface area contributed by atoms with Crippen LogP contribution in [0.25, 0.3) is 5.76 Å². The van der Waals surface area contributed by atoms with Crippen molar-refractivity contribution in [3.8, 4) is 0 Å². The van der Waals surface area contributed by atoms with Crippen LogP contribution in [0.3, 0.4) is 0 Å². The lowest BCUT2D eigenvalue weighted by Gasteiger charge is -2.25. The molecule has 144 valence electrons. The molecule has 1 aromatic heterocycles. The van der Waals surface area contributed by atoms with E-state index in [1.54, 1.807) is 42.7 Å². The molecule has 0 radical (unpaired) electrons. The zero-order valence-electron chi connectivity index (χ0n) is 15.3. The van der Waals surface area contributed by atoms with Gasteiger partial charge in [0.25, 0.3) is 11.7 Å². The van der Waals surface area contributed by atoms with Gasteiger partial charge < -0.3 is 10.0 Å². The summed E-state index contributed by atoms with van der Waals surface area (Å²) in [5.74, 6) is -1.51. The van der Waals surface area contributed by atoms with Gasteiger partial charge in [-0.05, 0) is 29.3 Å². The molecule has 0 aliphatic carbocycles. The van der Waals surface area contributed by atoms with Crippen LogP contribution in [0.5, 0.6) is 0 Å². The Morgan fingerprint density at radius 3 is 2.52 bits per heavy atom. The molecule has 1 atom stereocenters. The SMILES string of the molecule is O=C1C(=O)N(Cc2cccnc2)[C@H](c2cccc(Br)c2)/C1=C(\O)c1ccccc1. The average Bonchev–Trinajstić information content (AvgIpc) is 2.99. The lowest BCUT2D eigenvalue weighted by molar-refractivity contribution is -0.140. The highest BCUT2D eigenvalue weighted by Crippen LogP contribution is 2.40. The van der Waals surface area contributed by atoms with Gasteiger partial charge in [0, 0.05) is 29.0 Å². The second kappa shape index (κ2) is 8.01. The minimum atomic E-state index is -0.701. The molecule has 0 saturated carbocycles. The van der Waals surface area contributed by atoms with Crippen molar-refractivity contribution in [1.29, 1.82) is 0 Å². The fourth-order valence-corrected chi connectivity index (χ4v) is 3.92. The summed E-state index contributed by atoms with van der Waals surface area (Å²) < 4.78 is 0.821. The zero-order valence-corrected chi connectivity index (χ0v) is 16.9. The number of hydrogen-bond donors (Lipinski definition) is 1. The molecule has 29 heavy (non-hydrogen) atoms. The van der Waals surface area contributed by atoms with Crippen LogP contribution in [0, 0.1) is 0 Å². The first-order chi connectivity index (χ1) is 14.1. The third kappa shape index (κ3) is 3.71. The summed E-state index contributed by atoms with van der Waals surface area (Å²) in [5.41, 5.74) is 2.11. The predicted octanol–water partition coefficient (Wildman–Crippen LogP) is 4.47. The summed E-state index contributed by atoms with van der Waals surface area (Å²) in [6.45, 7) is 0.209. The summed E-state index contributed by atoms with van der Waals surface area (Å²) in [4.78, 5) is 31.5. The number of pyridine rings is 1. The minimum Gasteiger partial charge on any atom is -0.507 e. The van der Waals surface area contributed by atoms with E-state index in [0.717, 1.165) is 15.6 Å². The standard InChI is InChI=1S/C23H17BrN2O3/c24-18-10-4-9-17(12-18)20-19(21(27)16-7-2-1-3-8-16)22(28)23(29)26(20)14-15-6-5-11-25-13-15/h1-13,20,27H,14H2/b21-19+/t20-/m1/s1. The third-order valence-electron chi connectivity index (χ3n) is 4.83. The molecular formula is C23H17BrN2O3. The van der Waals surface area contributed by atoms with Gasteiger partial charge in [-0.15, -0.1) is 0 Å². The molecule has 1 fully saturated rings. The fourth-order valence-electron chi connectivity index (χ4n) is 3.51. The number of carbonyl (C=O) groups is 2. The smallest absolute Gasteiger partial charge is 0.295 e. The Kier molecular flexibility index (Phi) is 5.27. The molecule has 1 saturated heterocycles. The number of rotatable bonds is 4. The fraction of sp³-hybridized carbons (Fsp3) is 0.0870. The van der Waals surface area contributed by atoms with Gasteiger partial charge in [-0.25, -0.2) is 0 Å².